The van der Waals surface area contributed by atoms with E-state index in [0.717, 1.165) is 22.4 Å². The maximum atomic E-state index is 5.79. The SMILES string of the molecule is C[C@H](N)c1ccc(-n2cnc3ccccc32)cn1. The molecule has 0 spiro atoms. The molecule has 0 fully saturated rings. The van der Waals surface area contributed by atoms with Crippen LogP contribution in [-0.2, 0) is 0 Å². The van der Waals surface area contributed by atoms with Crippen molar-refractivity contribution in [2.45, 2.75) is 13.0 Å². The highest BCUT2D eigenvalue weighted by atomic mass is 15.1. The summed E-state index contributed by atoms with van der Waals surface area (Å²) in [5, 5.41) is 0. The Hall–Kier alpha value is -2.20. The van der Waals surface area contributed by atoms with E-state index in [1.165, 1.54) is 0 Å². The summed E-state index contributed by atoms with van der Waals surface area (Å²) in [7, 11) is 0. The molecule has 2 N–H and O–H groups in total. The second-order valence-electron chi connectivity index (χ2n) is 4.33. The molecule has 1 aromatic carbocycles. The Morgan fingerprint density at radius 3 is 2.67 bits per heavy atom. The largest absolute Gasteiger partial charge is 0.323 e. The number of pyridine rings is 1. The zero-order valence-corrected chi connectivity index (χ0v) is 10.1. The third-order valence-corrected chi connectivity index (χ3v) is 2.97. The van der Waals surface area contributed by atoms with Gasteiger partial charge in [0, 0.05) is 6.04 Å². The number of aromatic nitrogens is 3. The van der Waals surface area contributed by atoms with Crippen molar-refractivity contribution in [1.82, 2.24) is 14.5 Å². The summed E-state index contributed by atoms with van der Waals surface area (Å²) in [5.41, 5.74) is 9.73. The third kappa shape index (κ3) is 1.76. The van der Waals surface area contributed by atoms with Gasteiger partial charge in [-0.1, -0.05) is 12.1 Å². The van der Waals surface area contributed by atoms with Gasteiger partial charge in [0.15, 0.2) is 0 Å². The standard InChI is InChI=1S/C14H14N4/c1-10(15)12-7-6-11(8-16-12)18-9-17-13-4-2-3-5-14(13)18/h2-10H,15H2,1H3/t10-/m0/s1. The molecule has 0 saturated carbocycles. The molecule has 0 saturated heterocycles. The van der Waals surface area contributed by atoms with Crippen LogP contribution in [0.25, 0.3) is 16.7 Å². The minimum absolute atomic E-state index is 0.0430. The third-order valence-electron chi connectivity index (χ3n) is 2.97. The number of imidazole rings is 1. The van der Waals surface area contributed by atoms with Gasteiger partial charge in [-0.05, 0) is 31.2 Å². The molecule has 2 aromatic heterocycles. The predicted molar refractivity (Wildman–Crippen MR) is 71.5 cm³/mol. The van der Waals surface area contributed by atoms with E-state index < -0.39 is 0 Å². The molecule has 0 radical (unpaired) electrons. The highest BCUT2D eigenvalue weighted by Crippen LogP contribution is 2.18. The number of hydrogen-bond donors (Lipinski definition) is 1. The molecule has 0 aliphatic carbocycles. The van der Waals surface area contributed by atoms with Gasteiger partial charge in [0.2, 0.25) is 0 Å². The van der Waals surface area contributed by atoms with Crippen LogP contribution in [-0.4, -0.2) is 14.5 Å². The molecule has 3 rings (SSSR count). The molecular weight excluding hydrogens is 224 g/mol. The second-order valence-corrected chi connectivity index (χ2v) is 4.33. The monoisotopic (exact) mass is 238 g/mol. The Morgan fingerprint density at radius 2 is 1.94 bits per heavy atom. The van der Waals surface area contributed by atoms with E-state index in [1.54, 1.807) is 0 Å². The maximum absolute atomic E-state index is 5.79. The van der Waals surface area contributed by atoms with Crippen LogP contribution in [0.2, 0.25) is 0 Å². The van der Waals surface area contributed by atoms with Gasteiger partial charge in [-0.3, -0.25) is 9.55 Å². The molecule has 0 bridgehead atoms. The molecule has 0 unspecified atom stereocenters. The summed E-state index contributed by atoms with van der Waals surface area (Å²) in [5.74, 6) is 0. The van der Waals surface area contributed by atoms with Gasteiger partial charge in [-0.25, -0.2) is 4.98 Å². The van der Waals surface area contributed by atoms with Crippen LogP contribution < -0.4 is 5.73 Å². The molecule has 0 amide bonds. The van der Waals surface area contributed by atoms with Gasteiger partial charge in [-0.15, -0.1) is 0 Å². The molecular formula is C14H14N4. The highest BCUT2D eigenvalue weighted by Gasteiger charge is 2.05. The minimum atomic E-state index is -0.0430. The average molecular weight is 238 g/mol. The van der Waals surface area contributed by atoms with Crippen LogP contribution in [0.3, 0.4) is 0 Å². The molecule has 90 valence electrons. The quantitative estimate of drug-likeness (QED) is 0.746. The molecule has 1 atom stereocenters. The lowest BCUT2D eigenvalue weighted by Crippen LogP contribution is -2.07. The molecule has 4 heteroatoms. The van der Waals surface area contributed by atoms with E-state index in [-0.39, 0.29) is 6.04 Å². The van der Waals surface area contributed by atoms with Crippen LogP contribution in [0.1, 0.15) is 18.7 Å². The summed E-state index contributed by atoms with van der Waals surface area (Å²) in [6.07, 6.45) is 3.64. The van der Waals surface area contributed by atoms with E-state index in [0.29, 0.717) is 0 Å². The van der Waals surface area contributed by atoms with Crippen LogP contribution in [0.5, 0.6) is 0 Å². The number of nitrogens with two attached hydrogens (primary N) is 1. The van der Waals surface area contributed by atoms with Crippen molar-refractivity contribution in [2.75, 3.05) is 0 Å². The van der Waals surface area contributed by atoms with Crippen LogP contribution in [0.4, 0.5) is 0 Å². The molecule has 18 heavy (non-hydrogen) atoms. The van der Waals surface area contributed by atoms with E-state index >= 15 is 0 Å². The first-order valence-corrected chi connectivity index (χ1v) is 5.90. The Kier molecular flexibility index (Phi) is 2.57. The van der Waals surface area contributed by atoms with Gasteiger partial charge in [0.1, 0.15) is 6.33 Å². The Bertz CT molecular complexity index is 668. The summed E-state index contributed by atoms with van der Waals surface area (Å²) >= 11 is 0. The van der Waals surface area contributed by atoms with Gasteiger partial charge >= 0.3 is 0 Å². The van der Waals surface area contributed by atoms with Gasteiger partial charge in [0.05, 0.1) is 28.6 Å². The van der Waals surface area contributed by atoms with Crippen LogP contribution in [0, 0.1) is 0 Å². The van der Waals surface area contributed by atoms with Crippen molar-refractivity contribution in [3.8, 4) is 5.69 Å². The Balaban J connectivity index is 2.09. The van der Waals surface area contributed by atoms with Crippen molar-refractivity contribution in [1.29, 1.82) is 0 Å². The van der Waals surface area contributed by atoms with Crippen molar-refractivity contribution in [2.24, 2.45) is 5.73 Å². The minimum Gasteiger partial charge on any atom is -0.323 e. The number of benzene rings is 1. The van der Waals surface area contributed by atoms with Crippen molar-refractivity contribution in [3.05, 3.63) is 54.6 Å². The molecule has 2 heterocycles. The second kappa shape index (κ2) is 4.23. The lowest BCUT2D eigenvalue weighted by atomic mass is 10.2. The highest BCUT2D eigenvalue weighted by molar-refractivity contribution is 5.77. The summed E-state index contributed by atoms with van der Waals surface area (Å²) in [6.45, 7) is 1.93. The zero-order valence-electron chi connectivity index (χ0n) is 10.1. The normalized spacial score (nSPS) is 12.8. The predicted octanol–water partition coefficient (Wildman–Crippen LogP) is 2.44. The first kappa shape index (κ1) is 10.9. The van der Waals surface area contributed by atoms with Gasteiger partial charge in [0.25, 0.3) is 0 Å². The molecule has 0 aliphatic heterocycles. The Labute approximate surface area is 105 Å². The smallest absolute Gasteiger partial charge is 0.100 e. The molecule has 0 aliphatic rings. The fourth-order valence-corrected chi connectivity index (χ4v) is 1.97. The lowest BCUT2D eigenvalue weighted by Gasteiger charge is -2.07. The fraction of sp³-hybridized carbons (Fsp3) is 0.143. The molecule has 4 nitrogen and oxygen atoms in total. The zero-order chi connectivity index (χ0) is 12.5. The van der Waals surface area contributed by atoms with Gasteiger partial charge < -0.3 is 5.73 Å². The number of hydrogen-bond acceptors (Lipinski definition) is 3. The van der Waals surface area contributed by atoms with Crippen molar-refractivity contribution >= 4 is 11.0 Å². The van der Waals surface area contributed by atoms with Crippen molar-refractivity contribution in [3.63, 3.8) is 0 Å². The van der Waals surface area contributed by atoms with E-state index in [9.17, 15) is 0 Å². The van der Waals surface area contributed by atoms with Crippen LogP contribution >= 0.6 is 0 Å². The fourth-order valence-electron chi connectivity index (χ4n) is 1.97. The number of fused-ring (bicyclic) bond motifs is 1. The number of nitrogens with zero attached hydrogens (tertiary/aromatic N) is 3. The van der Waals surface area contributed by atoms with E-state index in [2.05, 4.69) is 9.97 Å². The summed E-state index contributed by atoms with van der Waals surface area (Å²) in [6, 6.07) is 12.0. The number of para-hydroxylation sites is 2. The lowest BCUT2D eigenvalue weighted by molar-refractivity contribution is 0.779. The van der Waals surface area contributed by atoms with Crippen LogP contribution in [0.15, 0.2) is 48.9 Å². The molecule has 3 aromatic rings. The summed E-state index contributed by atoms with van der Waals surface area (Å²) in [4.78, 5) is 8.73. The first-order chi connectivity index (χ1) is 8.75. The topological polar surface area (TPSA) is 56.7 Å². The van der Waals surface area contributed by atoms with E-state index in [4.69, 9.17) is 5.73 Å². The maximum Gasteiger partial charge on any atom is 0.100 e. The Morgan fingerprint density at radius 1 is 1.11 bits per heavy atom. The van der Waals surface area contributed by atoms with E-state index in [1.807, 2.05) is 60.4 Å². The first-order valence-electron chi connectivity index (χ1n) is 5.90. The van der Waals surface area contributed by atoms with Crippen molar-refractivity contribution < 1.29 is 0 Å². The van der Waals surface area contributed by atoms with Gasteiger partial charge in [-0.2, -0.15) is 0 Å². The summed E-state index contributed by atoms with van der Waals surface area (Å²) < 4.78 is 2.02. The number of rotatable bonds is 2. The average Bonchev–Trinajstić information content (AvgIpc) is 2.82.